The van der Waals surface area contributed by atoms with Crippen molar-refractivity contribution < 1.29 is 9.53 Å². The van der Waals surface area contributed by atoms with E-state index in [0.717, 1.165) is 0 Å². The summed E-state index contributed by atoms with van der Waals surface area (Å²) in [6.07, 6.45) is 2.96. The van der Waals surface area contributed by atoms with Gasteiger partial charge in [-0.05, 0) is 32.7 Å². The summed E-state index contributed by atoms with van der Waals surface area (Å²) in [5.74, 6) is -0.0151. The van der Waals surface area contributed by atoms with Gasteiger partial charge in [-0.2, -0.15) is 4.09 Å². The topological polar surface area (TPSA) is 57.0 Å². The van der Waals surface area contributed by atoms with Gasteiger partial charge in [-0.3, -0.25) is 4.79 Å². The second-order valence-corrected chi connectivity index (χ2v) is 4.58. The molecule has 0 amide bonds. The second-order valence-electron chi connectivity index (χ2n) is 3.66. The maximum atomic E-state index is 11.2. The maximum Gasteiger partial charge on any atom is 0.318 e. The number of rotatable bonds is 3. The number of hydrogen-bond acceptors (Lipinski definition) is 5. The van der Waals surface area contributed by atoms with Crippen molar-refractivity contribution in [3.05, 3.63) is 12.7 Å². The molecule has 6 heteroatoms. The third-order valence-electron chi connectivity index (χ3n) is 1.13. The Labute approximate surface area is 87.0 Å². The molecular formula is C8H13N3O2S. The van der Waals surface area contributed by atoms with Gasteiger partial charge in [-0.25, -0.2) is 4.98 Å². The first-order valence-corrected chi connectivity index (χ1v) is 5.11. The van der Waals surface area contributed by atoms with Crippen LogP contribution in [0.25, 0.3) is 0 Å². The Morgan fingerprint density at radius 2 is 2.29 bits per heavy atom. The van der Waals surface area contributed by atoms with Gasteiger partial charge >= 0.3 is 5.97 Å². The number of nitrogens with zero attached hydrogens (tertiary/aromatic N) is 3. The lowest BCUT2D eigenvalue weighted by Gasteiger charge is -2.18. The molecule has 1 rings (SSSR count). The van der Waals surface area contributed by atoms with Crippen molar-refractivity contribution in [2.75, 3.05) is 5.75 Å². The summed E-state index contributed by atoms with van der Waals surface area (Å²) in [4.78, 5) is 15.0. The zero-order chi connectivity index (χ0) is 10.6. The van der Waals surface area contributed by atoms with Crippen LogP contribution in [0, 0.1) is 0 Å². The fraction of sp³-hybridized carbons (Fsp3) is 0.625. The van der Waals surface area contributed by atoms with Gasteiger partial charge in [0.05, 0.1) is 0 Å². The van der Waals surface area contributed by atoms with Gasteiger partial charge < -0.3 is 4.74 Å². The fourth-order valence-corrected chi connectivity index (χ4v) is 1.28. The number of esters is 1. The summed E-state index contributed by atoms with van der Waals surface area (Å²) in [5.41, 5.74) is -0.431. The first-order valence-electron chi connectivity index (χ1n) is 4.17. The van der Waals surface area contributed by atoms with Crippen molar-refractivity contribution >= 4 is 17.9 Å². The van der Waals surface area contributed by atoms with Gasteiger partial charge in [0.2, 0.25) is 0 Å². The first-order chi connectivity index (χ1) is 6.47. The Balaban J connectivity index is 2.29. The SMILES string of the molecule is CC(C)(C)OC(=O)CSn1cncn1. The molecule has 0 unspecified atom stereocenters. The fourth-order valence-electron chi connectivity index (χ4n) is 0.754. The number of hydrogen-bond donors (Lipinski definition) is 0. The Hall–Kier alpha value is -1.04. The Morgan fingerprint density at radius 3 is 2.79 bits per heavy atom. The number of carbonyl (C=O) groups is 1. The Bertz CT molecular complexity index is 292. The van der Waals surface area contributed by atoms with Gasteiger partial charge in [0.15, 0.2) is 0 Å². The average molecular weight is 215 g/mol. The molecule has 0 aliphatic heterocycles. The molecule has 0 bridgehead atoms. The lowest BCUT2D eigenvalue weighted by molar-refractivity contribution is -0.151. The highest BCUT2D eigenvalue weighted by molar-refractivity contribution is 7.98. The normalized spacial score (nSPS) is 11.4. The van der Waals surface area contributed by atoms with Crippen LogP contribution in [-0.4, -0.2) is 31.5 Å². The summed E-state index contributed by atoms with van der Waals surface area (Å²) in [6, 6.07) is 0. The predicted octanol–water partition coefficient (Wildman–Crippen LogP) is 1.12. The zero-order valence-electron chi connectivity index (χ0n) is 8.43. The van der Waals surface area contributed by atoms with E-state index in [-0.39, 0.29) is 11.7 Å². The van der Waals surface area contributed by atoms with Crippen molar-refractivity contribution in [3.63, 3.8) is 0 Å². The highest BCUT2D eigenvalue weighted by Gasteiger charge is 2.16. The third kappa shape index (κ3) is 4.27. The number of carbonyl (C=O) groups excluding carboxylic acids is 1. The van der Waals surface area contributed by atoms with Gasteiger partial charge in [0, 0.05) is 0 Å². The Morgan fingerprint density at radius 1 is 1.57 bits per heavy atom. The van der Waals surface area contributed by atoms with Crippen LogP contribution in [0.2, 0.25) is 0 Å². The van der Waals surface area contributed by atoms with Crippen molar-refractivity contribution in [3.8, 4) is 0 Å². The Kier molecular flexibility index (Phi) is 3.51. The van der Waals surface area contributed by atoms with Crippen LogP contribution in [0.5, 0.6) is 0 Å². The monoisotopic (exact) mass is 215 g/mol. The largest absolute Gasteiger partial charge is 0.459 e. The van der Waals surface area contributed by atoms with E-state index in [4.69, 9.17) is 4.74 Å². The summed E-state index contributed by atoms with van der Waals surface area (Å²) in [7, 11) is 0. The molecule has 5 nitrogen and oxygen atoms in total. The smallest absolute Gasteiger partial charge is 0.318 e. The van der Waals surface area contributed by atoms with E-state index in [2.05, 4.69) is 10.1 Å². The molecule has 0 saturated carbocycles. The molecule has 0 aliphatic rings. The first kappa shape index (κ1) is 11.0. The van der Waals surface area contributed by atoms with E-state index in [9.17, 15) is 4.79 Å². The van der Waals surface area contributed by atoms with Crippen molar-refractivity contribution in [2.24, 2.45) is 0 Å². The molecule has 0 radical (unpaired) electrons. The molecular weight excluding hydrogens is 202 g/mol. The van der Waals surface area contributed by atoms with Gasteiger partial charge in [-0.1, -0.05) is 0 Å². The summed E-state index contributed by atoms with van der Waals surface area (Å²) in [6.45, 7) is 5.51. The third-order valence-corrected chi connectivity index (χ3v) is 1.95. The van der Waals surface area contributed by atoms with E-state index < -0.39 is 5.60 Å². The predicted molar refractivity (Wildman–Crippen MR) is 53.7 cm³/mol. The summed E-state index contributed by atoms with van der Waals surface area (Å²) >= 11 is 1.24. The van der Waals surface area contributed by atoms with Crippen LogP contribution >= 0.6 is 11.9 Å². The minimum absolute atomic E-state index is 0.237. The molecule has 14 heavy (non-hydrogen) atoms. The van der Waals surface area contributed by atoms with E-state index >= 15 is 0 Å². The molecule has 1 heterocycles. The zero-order valence-corrected chi connectivity index (χ0v) is 9.24. The van der Waals surface area contributed by atoms with E-state index in [1.165, 1.54) is 28.7 Å². The lowest BCUT2D eigenvalue weighted by atomic mass is 10.2. The molecule has 0 aromatic carbocycles. The van der Waals surface area contributed by atoms with Crippen molar-refractivity contribution in [1.29, 1.82) is 0 Å². The standard InChI is InChI=1S/C8H13N3O2S/c1-8(2,3)13-7(12)4-14-11-6-9-5-10-11/h5-6H,4H2,1-3H3. The van der Waals surface area contributed by atoms with Crippen LogP contribution in [0.3, 0.4) is 0 Å². The number of ether oxygens (including phenoxy) is 1. The quantitative estimate of drug-likeness (QED) is 0.707. The van der Waals surface area contributed by atoms with E-state index in [1.807, 2.05) is 20.8 Å². The van der Waals surface area contributed by atoms with E-state index in [0.29, 0.717) is 0 Å². The van der Waals surface area contributed by atoms with Gasteiger partial charge in [0.25, 0.3) is 0 Å². The van der Waals surface area contributed by atoms with E-state index in [1.54, 1.807) is 0 Å². The lowest BCUT2D eigenvalue weighted by Crippen LogP contribution is -2.25. The minimum atomic E-state index is -0.431. The average Bonchev–Trinajstić information content (AvgIpc) is 2.49. The highest BCUT2D eigenvalue weighted by Crippen LogP contribution is 2.10. The molecule has 1 aromatic rings. The van der Waals surface area contributed by atoms with Gasteiger partial charge in [0.1, 0.15) is 24.0 Å². The molecule has 0 saturated heterocycles. The summed E-state index contributed by atoms with van der Waals surface area (Å²) < 4.78 is 6.63. The van der Waals surface area contributed by atoms with Crippen LogP contribution in [-0.2, 0) is 9.53 Å². The molecule has 78 valence electrons. The minimum Gasteiger partial charge on any atom is -0.459 e. The molecule has 0 atom stereocenters. The molecule has 1 aromatic heterocycles. The van der Waals surface area contributed by atoms with Crippen LogP contribution in [0.1, 0.15) is 20.8 Å². The summed E-state index contributed by atoms with van der Waals surface area (Å²) in [5, 5.41) is 3.85. The highest BCUT2D eigenvalue weighted by atomic mass is 32.2. The van der Waals surface area contributed by atoms with Crippen molar-refractivity contribution in [2.45, 2.75) is 26.4 Å². The number of aromatic nitrogens is 3. The molecule has 0 N–H and O–H groups in total. The molecule has 0 spiro atoms. The second kappa shape index (κ2) is 4.45. The maximum absolute atomic E-state index is 11.2. The van der Waals surface area contributed by atoms with Crippen LogP contribution in [0.15, 0.2) is 12.7 Å². The van der Waals surface area contributed by atoms with Crippen molar-refractivity contribution in [1.82, 2.24) is 14.2 Å². The van der Waals surface area contributed by atoms with Crippen LogP contribution in [0.4, 0.5) is 0 Å². The molecule has 0 aliphatic carbocycles. The molecule has 0 fully saturated rings. The van der Waals surface area contributed by atoms with Gasteiger partial charge in [-0.15, -0.1) is 5.10 Å². The van der Waals surface area contributed by atoms with Crippen LogP contribution < -0.4 is 0 Å².